The van der Waals surface area contributed by atoms with Crippen molar-refractivity contribution in [2.24, 2.45) is 0 Å². The van der Waals surface area contributed by atoms with Crippen LogP contribution in [0.15, 0.2) is 65.7 Å². The maximum Gasteiger partial charge on any atom is 0.297 e. The molecule has 6 nitrogen and oxygen atoms in total. The van der Waals surface area contributed by atoms with Crippen LogP contribution in [0.3, 0.4) is 0 Å². The van der Waals surface area contributed by atoms with E-state index in [0.29, 0.717) is 13.0 Å². The second kappa shape index (κ2) is 7.11. The largest absolute Gasteiger partial charge is 0.369 e. The van der Waals surface area contributed by atoms with E-state index in [9.17, 15) is 8.42 Å². The first-order chi connectivity index (χ1) is 14.4. The summed E-state index contributed by atoms with van der Waals surface area (Å²) >= 11 is 0. The number of nitrogens with zero attached hydrogens (tertiary/aromatic N) is 3. The van der Waals surface area contributed by atoms with Crippen molar-refractivity contribution in [1.82, 2.24) is 9.38 Å². The van der Waals surface area contributed by atoms with Crippen molar-refractivity contribution in [2.45, 2.75) is 31.3 Å². The van der Waals surface area contributed by atoms with E-state index in [1.54, 1.807) is 24.3 Å². The summed E-state index contributed by atoms with van der Waals surface area (Å²) in [5, 5.41) is 0. The maximum absolute atomic E-state index is 12.6. The number of rotatable bonds is 4. The van der Waals surface area contributed by atoms with E-state index in [1.807, 2.05) is 31.3 Å². The standard InChI is InChI=1S/C23H23N3O3S/c1-16-3-6-20(7-4-16)30(27,28)29-19-10-11-25(15-19)18-9-12-26-22-13-17(2)5-8-21(22)24-23(26)14-18/h3-9,12-14,19H,10-11,15H2,1-2H3/t19-/m0/s1. The van der Waals surface area contributed by atoms with E-state index < -0.39 is 10.1 Å². The van der Waals surface area contributed by atoms with Crippen molar-refractivity contribution in [1.29, 1.82) is 0 Å². The summed E-state index contributed by atoms with van der Waals surface area (Å²) in [5.41, 5.74) is 6.16. The zero-order valence-electron chi connectivity index (χ0n) is 16.9. The summed E-state index contributed by atoms with van der Waals surface area (Å²) in [6.07, 6.45) is 2.32. The molecule has 0 amide bonds. The molecule has 1 aliphatic rings. The normalized spacial score (nSPS) is 17.3. The van der Waals surface area contributed by atoms with Gasteiger partial charge in [0.15, 0.2) is 0 Å². The van der Waals surface area contributed by atoms with Crippen molar-refractivity contribution in [2.75, 3.05) is 18.0 Å². The number of imidazole rings is 1. The fourth-order valence-corrected chi connectivity index (χ4v) is 5.08. The van der Waals surface area contributed by atoms with Gasteiger partial charge in [0.1, 0.15) is 5.65 Å². The first kappa shape index (κ1) is 19.1. The molecule has 154 valence electrons. The molecule has 1 aliphatic heterocycles. The predicted molar refractivity (Wildman–Crippen MR) is 118 cm³/mol. The van der Waals surface area contributed by atoms with Crippen molar-refractivity contribution in [3.8, 4) is 0 Å². The van der Waals surface area contributed by atoms with Crippen molar-refractivity contribution < 1.29 is 12.6 Å². The Hall–Kier alpha value is -2.90. The third kappa shape index (κ3) is 3.44. The summed E-state index contributed by atoms with van der Waals surface area (Å²) < 4.78 is 32.8. The molecule has 5 rings (SSSR count). The minimum absolute atomic E-state index is 0.201. The zero-order chi connectivity index (χ0) is 20.9. The average molecular weight is 422 g/mol. The third-order valence-corrected chi connectivity index (χ3v) is 7.00. The second-order valence-electron chi connectivity index (χ2n) is 7.94. The molecule has 7 heteroatoms. The van der Waals surface area contributed by atoms with E-state index >= 15 is 0 Å². The van der Waals surface area contributed by atoms with Gasteiger partial charge in [-0.3, -0.25) is 8.58 Å². The van der Waals surface area contributed by atoms with E-state index in [-0.39, 0.29) is 11.0 Å². The molecule has 2 aromatic carbocycles. The van der Waals surface area contributed by atoms with Gasteiger partial charge in [-0.05, 0) is 56.2 Å². The van der Waals surface area contributed by atoms with Gasteiger partial charge in [-0.25, -0.2) is 4.98 Å². The molecule has 1 atom stereocenters. The Morgan fingerprint density at radius 3 is 2.57 bits per heavy atom. The van der Waals surface area contributed by atoms with Crippen LogP contribution in [0, 0.1) is 13.8 Å². The van der Waals surface area contributed by atoms with E-state index in [0.717, 1.165) is 34.5 Å². The van der Waals surface area contributed by atoms with E-state index in [4.69, 9.17) is 9.17 Å². The van der Waals surface area contributed by atoms with E-state index in [1.165, 1.54) is 5.56 Å². The van der Waals surface area contributed by atoms with Crippen LogP contribution in [0.2, 0.25) is 0 Å². The van der Waals surface area contributed by atoms with Gasteiger partial charge in [0.2, 0.25) is 0 Å². The summed E-state index contributed by atoms with van der Waals surface area (Å²) in [6.45, 7) is 5.26. The van der Waals surface area contributed by atoms with E-state index in [2.05, 4.69) is 28.4 Å². The topological polar surface area (TPSA) is 63.9 Å². The smallest absolute Gasteiger partial charge is 0.297 e. The molecule has 0 bridgehead atoms. The SMILES string of the molecule is Cc1ccc(S(=O)(=O)O[C@H]2CCN(c3ccn4c(c3)nc3ccc(C)cc34)C2)cc1. The van der Waals surface area contributed by atoms with Gasteiger partial charge in [-0.1, -0.05) is 23.8 Å². The molecular weight excluding hydrogens is 398 g/mol. The summed E-state index contributed by atoms with van der Waals surface area (Å²) in [5.74, 6) is 0. The number of benzene rings is 2. The minimum Gasteiger partial charge on any atom is -0.369 e. The highest BCUT2D eigenvalue weighted by molar-refractivity contribution is 7.86. The molecule has 4 aromatic rings. The zero-order valence-corrected chi connectivity index (χ0v) is 17.8. The number of aryl methyl sites for hydroxylation is 2. The molecule has 3 heterocycles. The highest BCUT2D eigenvalue weighted by Gasteiger charge is 2.29. The molecule has 0 unspecified atom stereocenters. The lowest BCUT2D eigenvalue weighted by atomic mass is 10.2. The Morgan fingerprint density at radius 2 is 1.77 bits per heavy atom. The predicted octanol–water partition coefficient (Wildman–Crippen LogP) is 4.09. The number of fused-ring (bicyclic) bond motifs is 3. The van der Waals surface area contributed by atoms with Gasteiger partial charge in [-0.15, -0.1) is 0 Å². The lowest BCUT2D eigenvalue weighted by Crippen LogP contribution is -2.25. The number of hydrogen-bond donors (Lipinski definition) is 0. The molecular formula is C23H23N3O3S. The number of anilines is 1. The van der Waals surface area contributed by atoms with Crippen molar-refractivity contribution >= 4 is 32.5 Å². The Morgan fingerprint density at radius 1 is 1.00 bits per heavy atom. The molecule has 0 radical (unpaired) electrons. The highest BCUT2D eigenvalue weighted by Crippen LogP contribution is 2.27. The van der Waals surface area contributed by atoms with Crippen LogP contribution in [0.25, 0.3) is 16.7 Å². The van der Waals surface area contributed by atoms with Gasteiger partial charge >= 0.3 is 0 Å². The van der Waals surface area contributed by atoms with Crippen molar-refractivity contribution in [3.63, 3.8) is 0 Å². The number of aromatic nitrogens is 2. The van der Waals surface area contributed by atoms with Gasteiger partial charge < -0.3 is 4.90 Å². The lowest BCUT2D eigenvalue weighted by Gasteiger charge is -2.19. The van der Waals surface area contributed by atoms with Crippen LogP contribution in [0.1, 0.15) is 17.5 Å². The Bertz CT molecular complexity index is 1340. The fourth-order valence-electron chi connectivity index (χ4n) is 3.99. The van der Waals surface area contributed by atoms with Crippen LogP contribution < -0.4 is 4.90 Å². The molecule has 1 fully saturated rings. The Labute approximate surface area is 175 Å². The summed E-state index contributed by atoms with van der Waals surface area (Å²) in [4.78, 5) is 7.08. The third-order valence-electron chi connectivity index (χ3n) is 5.63. The Balaban J connectivity index is 1.35. The molecule has 0 spiro atoms. The monoisotopic (exact) mass is 421 g/mol. The molecule has 1 saturated heterocycles. The summed E-state index contributed by atoms with van der Waals surface area (Å²) in [7, 11) is -3.77. The molecule has 0 N–H and O–H groups in total. The molecule has 0 aliphatic carbocycles. The first-order valence-electron chi connectivity index (χ1n) is 10.0. The van der Waals surface area contributed by atoms with Crippen LogP contribution in [-0.4, -0.2) is 37.0 Å². The minimum atomic E-state index is -3.77. The van der Waals surface area contributed by atoms with Crippen LogP contribution >= 0.6 is 0 Å². The number of pyridine rings is 1. The van der Waals surface area contributed by atoms with Gasteiger partial charge in [0, 0.05) is 31.0 Å². The van der Waals surface area contributed by atoms with Crippen LogP contribution in [0.4, 0.5) is 5.69 Å². The van der Waals surface area contributed by atoms with Gasteiger partial charge in [0.25, 0.3) is 10.1 Å². The van der Waals surface area contributed by atoms with Gasteiger partial charge in [-0.2, -0.15) is 8.42 Å². The number of hydrogen-bond acceptors (Lipinski definition) is 5. The Kier molecular flexibility index (Phi) is 4.52. The highest BCUT2D eigenvalue weighted by atomic mass is 32.2. The summed E-state index contributed by atoms with van der Waals surface area (Å²) in [6, 6.07) is 17.1. The second-order valence-corrected chi connectivity index (χ2v) is 9.51. The van der Waals surface area contributed by atoms with Crippen LogP contribution in [0.5, 0.6) is 0 Å². The molecule has 2 aromatic heterocycles. The maximum atomic E-state index is 12.6. The van der Waals surface area contributed by atoms with Gasteiger partial charge in [0.05, 0.1) is 22.0 Å². The molecule has 0 saturated carbocycles. The fraction of sp³-hybridized carbons (Fsp3) is 0.261. The van der Waals surface area contributed by atoms with Crippen molar-refractivity contribution in [3.05, 3.63) is 71.9 Å². The first-order valence-corrected chi connectivity index (χ1v) is 11.4. The average Bonchev–Trinajstić information content (AvgIpc) is 3.31. The lowest BCUT2D eigenvalue weighted by molar-refractivity contribution is 0.232. The quantitative estimate of drug-likeness (QED) is 0.465. The van der Waals surface area contributed by atoms with Crippen LogP contribution in [-0.2, 0) is 14.3 Å². The molecule has 30 heavy (non-hydrogen) atoms.